The molecule has 2 saturated heterocycles. The van der Waals surface area contributed by atoms with Crippen LogP contribution in [-0.4, -0.2) is 60.7 Å². The summed E-state index contributed by atoms with van der Waals surface area (Å²) in [6.45, 7) is 8.69. The number of ether oxygens (including phenoxy) is 1. The normalized spacial score (nSPS) is 19.9. The number of thiazole rings is 1. The number of hydrogen-bond donors (Lipinski definition) is 0. The van der Waals surface area contributed by atoms with Gasteiger partial charge in [0.1, 0.15) is 0 Å². The van der Waals surface area contributed by atoms with Crippen molar-refractivity contribution >= 4 is 22.9 Å². The first-order chi connectivity index (χ1) is 13.7. The molecule has 2 aliphatic heterocycles. The average molecular weight is 420 g/mol. The number of piperidine rings is 1. The summed E-state index contributed by atoms with van der Waals surface area (Å²) >= 11 is 7.75. The van der Waals surface area contributed by atoms with E-state index in [-0.39, 0.29) is 0 Å². The van der Waals surface area contributed by atoms with Gasteiger partial charge in [0.25, 0.3) is 0 Å². The van der Waals surface area contributed by atoms with E-state index in [0.29, 0.717) is 0 Å². The molecule has 0 N–H and O–H groups in total. The predicted molar refractivity (Wildman–Crippen MR) is 116 cm³/mol. The van der Waals surface area contributed by atoms with Crippen LogP contribution in [0.25, 0.3) is 0 Å². The fourth-order valence-electron chi connectivity index (χ4n) is 4.13. The van der Waals surface area contributed by atoms with Crippen LogP contribution in [0.15, 0.2) is 29.6 Å². The van der Waals surface area contributed by atoms with Gasteiger partial charge in [0, 0.05) is 36.5 Å². The van der Waals surface area contributed by atoms with E-state index in [0.717, 1.165) is 50.2 Å². The van der Waals surface area contributed by atoms with Crippen molar-refractivity contribution in [1.82, 2.24) is 14.8 Å². The molecular formula is C22H30ClN3OS. The molecule has 3 heterocycles. The molecule has 0 atom stereocenters. The summed E-state index contributed by atoms with van der Waals surface area (Å²) in [7, 11) is 0. The van der Waals surface area contributed by atoms with E-state index in [1.807, 2.05) is 12.1 Å². The van der Waals surface area contributed by atoms with Gasteiger partial charge >= 0.3 is 0 Å². The van der Waals surface area contributed by atoms with Gasteiger partial charge in [0.2, 0.25) is 0 Å². The van der Waals surface area contributed by atoms with Gasteiger partial charge in [-0.15, -0.1) is 11.3 Å². The molecule has 0 spiro atoms. The van der Waals surface area contributed by atoms with Crippen molar-refractivity contribution in [1.29, 1.82) is 0 Å². The van der Waals surface area contributed by atoms with Gasteiger partial charge < -0.3 is 4.74 Å². The Morgan fingerprint density at radius 1 is 1.04 bits per heavy atom. The minimum atomic E-state index is 0.789. The van der Waals surface area contributed by atoms with E-state index in [1.54, 1.807) is 11.3 Å². The molecule has 28 heavy (non-hydrogen) atoms. The smallest absolute Gasteiger partial charge is 0.0972 e. The summed E-state index contributed by atoms with van der Waals surface area (Å²) in [5.74, 6) is 0.884. The van der Waals surface area contributed by atoms with Crippen LogP contribution >= 0.6 is 22.9 Å². The maximum atomic E-state index is 5.97. The number of morpholine rings is 1. The Morgan fingerprint density at radius 3 is 2.54 bits per heavy atom. The number of benzene rings is 1. The van der Waals surface area contributed by atoms with E-state index in [2.05, 4.69) is 27.3 Å². The van der Waals surface area contributed by atoms with Crippen LogP contribution < -0.4 is 0 Å². The second-order valence-corrected chi connectivity index (χ2v) is 9.38. The second-order valence-electron chi connectivity index (χ2n) is 8.00. The molecule has 0 aliphatic carbocycles. The molecule has 0 amide bonds. The lowest BCUT2D eigenvalue weighted by Crippen LogP contribution is -2.39. The number of likely N-dealkylation sites (tertiary alicyclic amines) is 1. The monoisotopic (exact) mass is 419 g/mol. The molecule has 0 radical (unpaired) electrons. The van der Waals surface area contributed by atoms with Crippen LogP contribution in [-0.2, 0) is 17.7 Å². The quantitative estimate of drug-likeness (QED) is 0.668. The number of aromatic nitrogens is 1. The third-order valence-corrected chi connectivity index (χ3v) is 7.07. The first-order valence-electron chi connectivity index (χ1n) is 10.4. The van der Waals surface area contributed by atoms with Crippen LogP contribution in [0.2, 0.25) is 5.02 Å². The van der Waals surface area contributed by atoms with Crippen molar-refractivity contribution in [2.75, 3.05) is 45.9 Å². The van der Waals surface area contributed by atoms with Crippen LogP contribution in [0, 0.1) is 5.92 Å². The van der Waals surface area contributed by atoms with Crippen molar-refractivity contribution in [2.24, 2.45) is 5.92 Å². The fraction of sp³-hybridized carbons (Fsp3) is 0.591. The molecule has 152 valence electrons. The topological polar surface area (TPSA) is 28.6 Å². The highest BCUT2D eigenvalue weighted by Gasteiger charge is 2.21. The van der Waals surface area contributed by atoms with Crippen LogP contribution in [0.4, 0.5) is 0 Å². The van der Waals surface area contributed by atoms with Gasteiger partial charge in [-0.2, -0.15) is 0 Å². The molecular weight excluding hydrogens is 390 g/mol. The molecule has 4 nitrogen and oxygen atoms in total. The first-order valence-corrected chi connectivity index (χ1v) is 11.7. The Labute approximate surface area is 177 Å². The maximum absolute atomic E-state index is 5.97. The Morgan fingerprint density at radius 2 is 1.79 bits per heavy atom. The van der Waals surface area contributed by atoms with Gasteiger partial charge in [0.15, 0.2) is 0 Å². The van der Waals surface area contributed by atoms with Gasteiger partial charge in [-0.1, -0.05) is 23.7 Å². The highest BCUT2D eigenvalue weighted by atomic mass is 35.5. The minimum Gasteiger partial charge on any atom is -0.379 e. The second kappa shape index (κ2) is 10.2. The van der Waals surface area contributed by atoms with Gasteiger partial charge in [-0.05, 0) is 62.5 Å². The third kappa shape index (κ3) is 6.01. The number of rotatable bonds is 7. The molecule has 4 rings (SSSR count). The van der Waals surface area contributed by atoms with E-state index in [1.165, 1.54) is 55.2 Å². The molecule has 1 aromatic carbocycles. The first kappa shape index (κ1) is 20.3. The van der Waals surface area contributed by atoms with Crippen molar-refractivity contribution in [2.45, 2.75) is 32.2 Å². The highest BCUT2D eigenvalue weighted by molar-refractivity contribution is 7.09. The van der Waals surface area contributed by atoms with Crippen molar-refractivity contribution in [3.05, 3.63) is 50.9 Å². The summed E-state index contributed by atoms with van der Waals surface area (Å²) in [5.41, 5.74) is 2.49. The molecule has 2 aromatic rings. The number of hydrogen-bond acceptors (Lipinski definition) is 5. The SMILES string of the molecule is Clc1ccc(Cc2nc(CN3CCC(CCN4CCOCC4)CC3)cs2)cc1. The van der Waals surface area contributed by atoms with Crippen molar-refractivity contribution in [3.63, 3.8) is 0 Å². The van der Waals surface area contributed by atoms with Crippen molar-refractivity contribution in [3.8, 4) is 0 Å². The Hall–Kier alpha value is -0.980. The summed E-state index contributed by atoms with van der Waals surface area (Å²) in [6, 6.07) is 8.08. The Balaban J connectivity index is 1.18. The van der Waals surface area contributed by atoms with E-state index in [4.69, 9.17) is 21.3 Å². The largest absolute Gasteiger partial charge is 0.379 e. The van der Waals surface area contributed by atoms with Gasteiger partial charge in [0.05, 0.1) is 23.9 Å². The maximum Gasteiger partial charge on any atom is 0.0972 e. The van der Waals surface area contributed by atoms with E-state index >= 15 is 0 Å². The lowest BCUT2D eigenvalue weighted by atomic mass is 9.93. The lowest BCUT2D eigenvalue weighted by molar-refractivity contribution is 0.0334. The summed E-state index contributed by atoms with van der Waals surface area (Å²) < 4.78 is 5.44. The summed E-state index contributed by atoms with van der Waals surface area (Å²) in [5, 5.41) is 4.21. The zero-order chi connectivity index (χ0) is 19.2. The van der Waals surface area contributed by atoms with Crippen LogP contribution in [0.1, 0.15) is 35.5 Å². The van der Waals surface area contributed by atoms with E-state index in [9.17, 15) is 0 Å². The molecule has 2 aliphatic rings. The predicted octanol–water partition coefficient (Wildman–Crippen LogP) is 4.32. The van der Waals surface area contributed by atoms with E-state index < -0.39 is 0 Å². The van der Waals surface area contributed by atoms with Gasteiger partial charge in [-0.25, -0.2) is 4.98 Å². The lowest BCUT2D eigenvalue weighted by Gasteiger charge is -2.33. The molecule has 6 heteroatoms. The average Bonchev–Trinajstić information content (AvgIpc) is 3.17. The number of nitrogens with zero attached hydrogens (tertiary/aromatic N) is 3. The Bertz CT molecular complexity index is 722. The minimum absolute atomic E-state index is 0.789. The van der Waals surface area contributed by atoms with Crippen LogP contribution in [0.5, 0.6) is 0 Å². The van der Waals surface area contributed by atoms with Gasteiger partial charge in [-0.3, -0.25) is 9.80 Å². The van der Waals surface area contributed by atoms with Crippen molar-refractivity contribution < 1.29 is 4.74 Å². The van der Waals surface area contributed by atoms with Crippen LogP contribution in [0.3, 0.4) is 0 Å². The zero-order valence-corrected chi connectivity index (χ0v) is 18.1. The molecule has 1 aromatic heterocycles. The fourth-order valence-corrected chi connectivity index (χ4v) is 5.08. The number of halogens is 1. The zero-order valence-electron chi connectivity index (χ0n) is 16.5. The summed E-state index contributed by atoms with van der Waals surface area (Å²) in [4.78, 5) is 10.0. The summed E-state index contributed by atoms with van der Waals surface area (Å²) in [6.07, 6.45) is 4.89. The highest BCUT2D eigenvalue weighted by Crippen LogP contribution is 2.23. The Kier molecular flexibility index (Phi) is 7.37. The molecule has 0 bridgehead atoms. The standard InChI is InChI=1S/C22H30ClN3OS/c23-20-3-1-19(2-4-20)15-22-24-21(17-28-22)16-26-9-6-18(7-10-26)5-8-25-11-13-27-14-12-25/h1-4,17-18H,5-16H2. The third-order valence-electron chi connectivity index (χ3n) is 5.92. The molecule has 0 saturated carbocycles. The molecule has 0 unspecified atom stereocenters. The molecule has 2 fully saturated rings.